The van der Waals surface area contributed by atoms with Crippen molar-refractivity contribution in [1.29, 1.82) is 0 Å². The van der Waals surface area contributed by atoms with Gasteiger partial charge < -0.3 is 14.8 Å². The Morgan fingerprint density at radius 2 is 1.77 bits per heavy atom. The number of amides is 1. The maximum Gasteiger partial charge on any atom is 0.224 e. The molecule has 5 heteroatoms. The highest BCUT2D eigenvalue weighted by Crippen LogP contribution is 2.23. The number of halogens is 1. The summed E-state index contributed by atoms with van der Waals surface area (Å²) in [6.45, 7) is 0. The summed E-state index contributed by atoms with van der Waals surface area (Å²) in [4.78, 5) is 12.0. The smallest absolute Gasteiger partial charge is 0.224 e. The highest BCUT2D eigenvalue weighted by atomic mass is 35.5. The molecule has 0 aliphatic heterocycles. The third kappa shape index (κ3) is 4.67. The monoisotopic (exact) mass is 319 g/mol. The van der Waals surface area contributed by atoms with Crippen molar-refractivity contribution < 1.29 is 14.3 Å². The minimum atomic E-state index is -0.0657. The molecule has 0 atom stereocenters. The van der Waals surface area contributed by atoms with Gasteiger partial charge >= 0.3 is 0 Å². The Morgan fingerprint density at radius 1 is 1.09 bits per heavy atom. The molecule has 2 rings (SSSR count). The van der Waals surface area contributed by atoms with E-state index in [2.05, 4.69) is 5.32 Å². The van der Waals surface area contributed by atoms with E-state index in [9.17, 15) is 4.79 Å². The molecular formula is C17H18ClNO3. The fourth-order valence-electron chi connectivity index (χ4n) is 2.06. The number of aryl methyl sites for hydroxylation is 1. The van der Waals surface area contributed by atoms with Crippen LogP contribution in [0.1, 0.15) is 12.0 Å². The van der Waals surface area contributed by atoms with Crippen molar-refractivity contribution in [3.05, 3.63) is 53.1 Å². The zero-order valence-electron chi connectivity index (χ0n) is 12.6. The number of carbonyl (C=O) groups is 1. The second-order valence-corrected chi connectivity index (χ2v) is 5.22. The van der Waals surface area contributed by atoms with Gasteiger partial charge in [0.15, 0.2) is 0 Å². The molecule has 2 aromatic carbocycles. The summed E-state index contributed by atoms with van der Waals surface area (Å²) < 4.78 is 10.4. The van der Waals surface area contributed by atoms with Gasteiger partial charge in [-0.1, -0.05) is 17.7 Å². The summed E-state index contributed by atoms with van der Waals surface area (Å²) in [5, 5.41) is 3.42. The second kappa shape index (κ2) is 7.71. The van der Waals surface area contributed by atoms with Gasteiger partial charge in [0.2, 0.25) is 5.91 Å². The van der Waals surface area contributed by atoms with Gasteiger partial charge in [-0.15, -0.1) is 0 Å². The van der Waals surface area contributed by atoms with Crippen LogP contribution in [0.25, 0.3) is 0 Å². The molecule has 0 unspecified atom stereocenters. The van der Waals surface area contributed by atoms with Crippen LogP contribution in [0.4, 0.5) is 5.69 Å². The summed E-state index contributed by atoms with van der Waals surface area (Å²) in [5.41, 5.74) is 1.68. The lowest BCUT2D eigenvalue weighted by molar-refractivity contribution is -0.116. The van der Waals surface area contributed by atoms with Crippen LogP contribution in [0.5, 0.6) is 11.5 Å². The molecule has 0 aliphatic rings. The molecule has 116 valence electrons. The van der Waals surface area contributed by atoms with E-state index >= 15 is 0 Å². The van der Waals surface area contributed by atoms with E-state index in [1.165, 1.54) is 0 Å². The Hall–Kier alpha value is -2.20. The summed E-state index contributed by atoms with van der Waals surface area (Å²) >= 11 is 5.89. The summed E-state index contributed by atoms with van der Waals surface area (Å²) in [5.74, 6) is 1.36. The largest absolute Gasteiger partial charge is 0.497 e. The predicted octanol–water partition coefficient (Wildman–Crippen LogP) is 3.93. The standard InChI is InChI=1S/C17H18ClNO3/c1-21-15-8-12(9-16(11-15)22-2)6-7-17(20)19-14-5-3-4-13(18)10-14/h3-5,8-11H,6-7H2,1-2H3,(H,19,20). The van der Waals surface area contributed by atoms with Crippen molar-refractivity contribution >= 4 is 23.2 Å². The van der Waals surface area contributed by atoms with Crippen molar-refractivity contribution in [1.82, 2.24) is 0 Å². The lowest BCUT2D eigenvalue weighted by Crippen LogP contribution is -2.12. The maximum absolute atomic E-state index is 12.0. The van der Waals surface area contributed by atoms with Crippen LogP contribution in [0.3, 0.4) is 0 Å². The fourth-order valence-corrected chi connectivity index (χ4v) is 2.25. The van der Waals surface area contributed by atoms with Crippen LogP contribution in [0.15, 0.2) is 42.5 Å². The highest BCUT2D eigenvalue weighted by molar-refractivity contribution is 6.30. The van der Waals surface area contributed by atoms with E-state index in [1.54, 1.807) is 44.6 Å². The summed E-state index contributed by atoms with van der Waals surface area (Å²) in [6.07, 6.45) is 0.961. The maximum atomic E-state index is 12.0. The number of hydrogen-bond acceptors (Lipinski definition) is 3. The Kier molecular flexibility index (Phi) is 5.67. The molecule has 0 aromatic heterocycles. The molecule has 0 saturated carbocycles. The second-order valence-electron chi connectivity index (χ2n) is 4.78. The van der Waals surface area contributed by atoms with E-state index in [0.717, 1.165) is 5.56 Å². The molecule has 0 radical (unpaired) electrons. The van der Waals surface area contributed by atoms with Crippen molar-refractivity contribution in [3.63, 3.8) is 0 Å². The number of ether oxygens (including phenoxy) is 2. The van der Waals surface area contributed by atoms with Gasteiger partial charge in [-0.2, -0.15) is 0 Å². The highest BCUT2D eigenvalue weighted by Gasteiger charge is 2.06. The molecule has 4 nitrogen and oxygen atoms in total. The van der Waals surface area contributed by atoms with Crippen LogP contribution in [-0.4, -0.2) is 20.1 Å². The zero-order valence-corrected chi connectivity index (χ0v) is 13.3. The van der Waals surface area contributed by atoms with Crippen molar-refractivity contribution in [2.45, 2.75) is 12.8 Å². The first kappa shape index (κ1) is 16.2. The van der Waals surface area contributed by atoms with Crippen LogP contribution in [0.2, 0.25) is 5.02 Å². The lowest BCUT2D eigenvalue weighted by atomic mass is 10.1. The Bertz CT molecular complexity index is 636. The summed E-state index contributed by atoms with van der Waals surface area (Å²) in [6, 6.07) is 12.7. The minimum absolute atomic E-state index is 0.0657. The quantitative estimate of drug-likeness (QED) is 0.877. The van der Waals surface area contributed by atoms with Gasteiger partial charge in [0, 0.05) is 23.2 Å². The molecule has 0 saturated heterocycles. The molecule has 0 bridgehead atoms. The Labute approximate surface area is 135 Å². The number of anilines is 1. The fraction of sp³-hybridized carbons (Fsp3) is 0.235. The van der Waals surface area contributed by atoms with Gasteiger partial charge in [0.25, 0.3) is 0 Å². The average Bonchev–Trinajstić information content (AvgIpc) is 2.52. The van der Waals surface area contributed by atoms with Crippen molar-refractivity contribution in [2.24, 2.45) is 0 Å². The van der Waals surface area contributed by atoms with Gasteiger partial charge in [0.1, 0.15) is 11.5 Å². The topological polar surface area (TPSA) is 47.6 Å². The molecule has 0 aliphatic carbocycles. The Morgan fingerprint density at radius 3 is 2.36 bits per heavy atom. The number of rotatable bonds is 6. The normalized spacial score (nSPS) is 10.1. The zero-order chi connectivity index (χ0) is 15.9. The molecule has 1 amide bonds. The van der Waals surface area contributed by atoms with Crippen LogP contribution >= 0.6 is 11.6 Å². The van der Waals surface area contributed by atoms with Gasteiger partial charge in [-0.05, 0) is 42.3 Å². The molecule has 0 fully saturated rings. The number of hydrogen-bond donors (Lipinski definition) is 1. The lowest BCUT2D eigenvalue weighted by Gasteiger charge is -2.09. The van der Waals surface area contributed by atoms with Crippen LogP contribution in [0, 0.1) is 0 Å². The van der Waals surface area contributed by atoms with Gasteiger partial charge in [-0.3, -0.25) is 4.79 Å². The van der Waals surface area contributed by atoms with Crippen LogP contribution < -0.4 is 14.8 Å². The first-order chi connectivity index (χ1) is 10.6. The van der Waals surface area contributed by atoms with E-state index in [1.807, 2.05) is 12.1 Å². The Balaban J connectivity index is 1.96. The first-order valence-electron chi connectivity index (χ1n) is 6.88. The number of benzene rings is 2. The third-order valence-corrected chi connectivity index (χ3v) is 3.40. The number of nitrogens with one attached hydrogen (secondary N) is 1. The summed E-state index contributed by atoms with van der Waals surface area (Å²) in [7, 11) is 3.20. The van der Waals surface area contributed by atoms with E-state index in [-0.39, 0.29) is 5.91 Å². The number of methoxy groups -OCH3 is 2. The van der Waals surface area contributed by atoms with Crippen LogP contribution in [-0.2, 0) is 11.2 Å². The molecular weight excluding hydrogens is 302 g/mol. The number of carbonyl (C=O) groups excluding carboxylic acids is 1. The van der Waals surface area contributed by atoms with E-state index < -0.39 is 0 Å². The van der Waals surface area contributed by atoms with Crippen molar-refractivity contribution in [2.75, 3.05) is 19.5 Å². The first-order valence-corrected chi connectivity index (χ1v) is 7.26. The third-order valence-electron chi connectivity index (χ3n) is 3.16. The molecule has 22 heavy (non-hydrogen) atoms. The SMILES string of the molecule is COc1cc(CCC(=O)Nc2cccc(Cl)c2)cc(OC)c1. The molecule has 0 heterocycles. The van der Waals surface area contributed by atoms with E-state index in [0.29, 0.717) is 35.1 Å². The van der Waals surface area contributed by atoms with E-state index in [4.69, 9.17) is 21.1 Å². The molecule has 2 aromatic rings. The minimum Gasteiger partial charge on any atom is -0.497 e. The molecule has 0 spiro atoms. The van der Waals surface area contributed by atoms with Gasteiger partial charge in [-0.25, -0.2) is 0 Å². The average molecular weight is 320 g/mol. The van der Waals surface area contributed by atoms with Crippen molar-refractivity contribution in [3.8, 4) is 11.5 Å². The van der Waals surface area contributed by atoms with Gasteiger partial charge in [0.05, 0.1) is 14.2 Å². The molecule has 1 N–H and O–H groups in total. The predicted molar refractivity (Wildman–Crippen MR) is 87.9 cm³/mol.